The number of thioether (sulfide) groups is 1. The zero-order valence-electron chi connectivity index (χ0n) is 10.4. The normalized spacial score (nSPS) is 20.4. The Morgan fingerprint density at radius 1 is 1.42 bits per heavy atom. The highest BCUT2D eigenvalue weighted by molar-refractivity contribution is 9.10. The van der Waals surface area contributed by atoms with Gasteiger partial charge in [-0.3, -0.25) is 0 Å². The van der Waals surface area contributed by atoms with Crippen LogP contribution in [0.15, 0.2) is 27.6 Å². The number of hydrogen-bond donors (Lipinski definition) is 2. The summed E-state index contributed by atoms with van der Waals surface area (Å²) >= 11 is 5.11. The van der Waals surface area contributed by atoms with Gasteiger partial charge in [0.2, 0.25) is 10.0 Å². The summed E-state index contributed by atoms with van der Waals surface area (Å²) in [5.41, 5.74) is 6.02. The van der Waals surface area contributed by atoms with Gasteiger partial charge in [0, 0.05) is 16.3 Å². The van der Waals surface area contributed by atoms with Crippen LogP contribution in [0.4, 0.5) is 5.69 Å². The maximum atomic E-state index is 12.2. The van der Waals surface area contributed by atoms with Crippen LogP contribution in [0.2, 0.25) is 0 Å². The molecular weight excluding hydrogens is 348 g/mol. The molecule has 0 spiro atoms. The molecule has 0 aromatic heterocycles. The first kappa shape index (κ1) is 15.2. The average molecular weight is 365 g/mol. The van der Waals surface area contributed by atoms with Gasteiger partial charge in [-0.2, -0.15) is 11.8 Å². The molecule has 0 radical (unpaired) electrons. The van der Waals surface area contributed by atoms with Crippen molar-refractivity contribution in [3.05, 3.63) is 22.7 Å². The van der Waals surface area contributed by atoms with Crippen molar-refractivity contribution < 1.29 is 8.42 Å². The van der Waals surface area contributed by atoms with Gasteiger partial charge in [0.1, 0.15) is 4.90 Å². The molecule has 1 aliphatic heterocycles. The smallest absolute Gasteiger partial charge is 0.242 e. The number of halogens is 1. The first-order valence-corrected chi connectivity index (χ1v) is 9.48. The highest BCUT2D eigenvalue weighted by Crippen LogP contribution is 2.26. The summed E-state index contributed by atoms with van der Waals surface area (Å²) in [6.07, 6.45) is 3.48. The zero-order valence-corrected chi connectivity index (χ0v) is 13.7. The molecule has 1 fully saturated rings. The Labute approximate surface area is 126 Å². The molecule has 0 aliphatic carbocycles. The predicted octanol–water partition coefficient (Wildman–Crippen LogP) is 2.60. The van der Waals surface area contributed by atoms with Gasteiger partial charge in [-0.05, 0) is 36.8 Å². The number of nitrogen functional groups attached to an aromatic ring is 1. The van der Waals surface area contributed by atoms with Crippen molar-refractivity contribution >= 4 is 43.4 Å². The Bertz CT molecular complexity index is 543. The SMILES string of the molecule is Nc1cc(Br)ccc1S(=O)(=O)NCC1CCCCS1. The van der Waals surface area contributed by atoms with Crippen LogP contribution in [0.25, 0.3) is 0 Å². The Balaban J connectivity index is 2.05. The maximum Gasteiger partial charge on any atom is 0.242 e. The summed E-state index contributed by atoms with van der Waals surface area (Å²) in [6, 6.07) is 4.81. The van der Waals surface area contributed by atoms with E-state index in [4.69, 9.17) is 5.73 Å². The quantitative estimate of drug-likeness (QED) is 0.805. The molecule has 106 valence electrons. The first-order valence-electron chi connectivity index (χ1n) is 6.15. The first-order chi connectivity index (χ1) is 8.99. The lowest BCUT2D eigenvalue weighted by Gasteiger charge is -2.21. The highest BCUT2D eigenvalue weighted by Gasteiger charge is 2.20. The number of nitrogens with one attached hydrogen (secondary N) is 1. The van der Waals surface area contributed by atoms with Gasteiger partial charge in [-0.1, -0.05) is 22.4 Å². The van der Waals surface area contributed by atoms with Gasteiger partial charge in [0.05, 0.1) is 5.69 Å². The lowest BCUT2D eigenvalue weighted by Crippen LogP contribution is -2.32. The van der Waals surface area contributed by atoms with Crippen LogP contribution < -0.4 is 10.5 Å². The van der Waals surface area contributed by atoms with Gasteiger partial charge in [-0.25, -0.2) is 13.1 Å². The number of anilines is 1. The van der Waals surface area contributed by atoms with Gasteiger partial charge in [-0.15, -0.1) is 0 Å². The van der Waals surface area contributed by atoms with Crippen LogP contribution in [-0.2, 0) is 10.0 Å². The van der Waals surface area contributed by atoms with Crippen molar-refractivity contribution in [1.29, 1.82) is 0 Å². The Morgan fingerprint density at radius 3 is 2.84 bits per heavy atom. The monoisotopic (exact) mass is 364 g/mol. The average Bonchev–Trinajstić information content (AvgIpc) is 2.37. The summed E-state index contributed by atoms with van der Waals surface area (Å²) in [5.74, 6) is 1.12. The van der Waals surface area contributed by atoms with E-state index < -0.39 is 10.0 Å². The van der Waals surface area contributed by atoms with Crippen molar-refractivity contribution in [3.63, 3.8) is 0 Å². The third-order valence-electron chi connectivity index (χ3n) is 3.04. The topological polar surface area (TPSA) is 72.2 Å². The largest absolute Gasteiger partial charge is 0.398 e. The fourth-order valence-corrected chi connectivity index (χ4v) is 4.93. The minimum Gasteiger partial charge on any atom is -0.398 e. The summed E-state index contributed by atoms with van der Waals surface area (Å²) in [4.78, 5) is 0.150. The summed E-state index contributed by atoms with van der Waals surface area (Å²) in [6.45, 7) is 0.475. The van der Waals surface area contributed by atoms with Crippen LogP contribution in [0.5, 0.6) is 0 Å². The molecule has 1 aromatic rings. The molecule has 4 nitrogen and oxygen atoms in total. The molecule has 1 unspecified atom stereocenters. The summed E-state index contributed by atoms with van der Waals surface area (Å²) in [5, 5.41) is 0.375. The van der Waals surface area contributed by atoms with Crippen molar-refractivity contribution in [2.24, 2.45) is 0 Å². The standard InChI is InChI=1S/C12H17BrN2O2S2/c13-9-4-5-12(11(14)7-9)19(16,17)15-8-10-3-1-2-6-18-10/h4-5,7,10,15H,1-3,6,8,14H2. The Morgan fingerprint density at radius 2 is 2.21 bits per heavy atom. The van der Waals surface area contributed by atoms with E-state index in [0.717, 1.165) is 16.6 Å². The zero-order chi connectivity index (χ0) is 13.9. The van der Waals surface area contributed by atoms with E-state index in [1.165, 1.54) is 18.9 Å². The van der Waals surface area contributed by atoms with E-state index >= 15 is 0 Å². The molecule has 1 aliphatic rings. The van der Waals surface area contributed by atoms with Crippen molar-refractivity contribution in [2.75, 3.05) is 18.0 Å². The molecule has 3 N–H and O–H groups in total. The fraction of sp³-hybridized carbons (Fsp3) is 0.500. The molecule has 0 amide bonds. The van der Waals surface area contributed by atoms with E-state index in [2.05, 4.69) is 20.7 Å². The number of nitrogens with two attached hydrogens (primary N) is 1. The molecule has 2 rings (SSSR count). The van der Waals surface area contributed by atoms with Gasteiger partial charge >= 0.3 is 0 Å². The van der Waals surface area contributed by atoms with Crippen molar-refractivity contribution in [3.8, 4) is 0 Å². The minimum atomic E-state index is -3.52. The molecule has 7 heteroatoms. The Hall–Kier alpha value is -0.240. The Kier molecular flexibility index (Phi) is 5.16. The second-order valence-electron chi connectivity index (χ2n) is 4.52. The second kappa shape index (κ2) is 6.47. The van der Waals surface area contributed by atoms with E-state index in [0.29, 0.717) is 11.8 Å². The van der Waals surface area contributed by atoms with Crippen LogP contribution >= 0.6 is 27.7 Å². The molecule has 1 saturated heterocycles. The van der Waals surface area contributed by atoms with E-state index in [1.54, 1.807) is 12.1 Å². The van der Waals surface area contributed by atoms with Crippen molar-refractivity contribution in [1.82, 2.24) is 4.72 Å². The molecule has 1 heterocycles. The molecule has 19 heavy (non-hydrogen) atoms. The second-order valence-corrected chi connectivity index (χ2v) is 8.58. The van der Waals surface area contributed by atoms with Gasteiger partial charge in [0.15, 0.2) is 0 Å². The number of benzene rings is 1. The summed E-state index contributed by atoms with van der Waals surface area (Å²) < 4.78 is 27.8. The minimum absolute atomic E-state index is 0.150. The van der Waals surface area contributed by atoms with Crippen LogP contribution in [0.3, 0.4) is 0 Å². The fourth-order valence-electron chi connectivity index (χ4n) is 2.01. The van der Waals surface area contributed by atoms with Crippen molar-refractivity contribution in [2.45, 2.75) is 29.4 Å². The van der Waals surface area contributed by atoms with Gasteiger partial charge < -0.3 is 5.73 Å². The lowest BCUT2D eigenvalue weighted by atomic mass is 10.2. The van der Waals surface area contributed by atoms with E-state index in [1.807, 2.05) is 11.8 Å². The van der Waals surface area contributed by atoms with Crippen LogP contribution in [0.1, 0.15) is 19.3 Å². The van der Waals surface area contributed by atoms with Crippen LogP contribution in [-0.4, -0.2) is 26.0 Å². The number of rotatable bonds is 4. The van der Waals surface area contributed by atoms with Crippen LogP contribution in [0, 0.1) is 0 Å². The predicted molar refractivity (Wildman–Crippen MR) is 83.8 cm³/mol. The van der Waals surface area contributed by atoms with E-state index in [9.17, 15) is 8.42 Å². The molecule has 1 atom stereocenters. The molecular formula is C12H17BrN2O2S2. The molecule has 0 bridgehead atoms. The number of sulfonamides is 1. The highest BCUT2D eigenvalue weighted by atomic mass is 79.9. The third-order valence-corrected chi connectivity index (χ3v) is 6.43. The molecule has 1 aromatic carbocycles. The number of hydrogen-bond acceptors (Lipinski definition) is 4. The third kappa shape index (κ3) is 4.11. The molecule has 0 saturated carbocycles. The van der Waals surface area contributed by atoms with E-state index in [-0.39, 0.29) is 10.6 Å². The summed E-state index contributed by atoms with van der Waals surface area (Å²) in [7, 11) is -3.52. The lowest BCUT2D eigenvalue weighted by molar-refractivity contribution is 0.574. The maximum absolute atomic E-state index is 12.2. The van der Waals surface area contributed by atoms with Gasteiger partial charge in [0.25, 0.3) is 0 Å².